The Labute approximate surface area is 150 Å². The van der Waals surface area contributed by atoms with Crippen LogP contribution >= 0.6 is 0 Å². The lowest BCUT2D eigenvalue weighted by molar-refractivity contribution is -0.128. The lowest BCUT2D eigenvalue weighted by atomic mass is 10.1. The number of aryl methyl sites for hydroxylation is 3. The lowest BCUT2D eigenvalue weighted by Crippen LogP contribution is -2.43. The van der Waals surface area contributed by atoms with Crippen molar-refractivity contribution in [2.75, 3.05) is 6.61 Å². The molecule has 2 unspecified atom stereocenters. The van der Waals surface area contributed by atoms with E-state index in [0.29, 0.717) is 12.4 Å². The predicted octanol–water partition coefficient (Wildman–Crippen LogP) is 3.96. The largest absolute Gasteiger partial charge is 0.491 e. The summed E-state index contributed by atoms with van der Waals surface area (Å²) < 4.78 is 11.5. The molecule has 0 aliphatic carbocycles. The Kier molecular flexibility index (Phi) is 6.45. The van der Waals surface area contributed by atoms with E-state index in [9.17, 15) is 4.79 Å². The third kappa shape index (κ3) is 5.82. The number of hydrogen-bond acceptors (Lipinski definition) is 3. The molecule has 0 radical (unpaired) electrons. The number of para-hydroxylation sites is 1. The second-order valence-corrected chi connectivity index (χ2v) is 6.57. The Morgan fingerprint density at radius 1 is 1.04 bits per heavy atom. The van der Waals surface area contributed by atoms with Crippen molar-refractivity contribution >= 4 is 5.91 Å². The first-order chi connectivity index (χ1) is 11.8. The molecule has 4 nitrogen and oxygen atoms in total. The van der Waals surface area contributed by atoms with Crippen molar-refractivity contribution in [1.82, 2.24) is 5.32 Å². The van der Waals surface area contributed by atoms with E-state index in [0.717, 1.165) is 22.4 Å². The molecule has 0 aromatic heterocycles. The third-order valence-corrected chi connectivity index (χ3v) is 3.85. The van der Waals surface area contributed by atoms with Gasteiger partial charge >= 0.3 is 0 Å². The van der Waals surface area contributed by atoms with E-state index in [1.165, 1.54) is 0 Å². The molecule has 25 heavy (non-hydrogen) atoms. The van der Waals surface area contributed by atoms with Crippen molar-refractivity contribution in [3.05, 3.63) is 59.2 Å². The first-order valence-corrected chi connectivity index (χ1v) is 8.59. The molecule has 1 N–H and O–H groups in total. The zero-order valence-electron chi connectivity index (χ0n) is 15.6. The maximum atomic E-state index is 12.3. The summed E-state index contributed by atoms with van der Waals surface area (Å²) in [6.45, 7) is 10.1. The van der Waals surface area contributed by atoms with Crippen LogP contribution in [0.4, 0.5) is 0 Å². The Bertz CT molecular complexity index is 707. The van der Waals surface area contributed by atoms with Crippen LogP contribution in [0.15, 0.2) is 42.5 Å². The molecule has 0 saturated carbocycles. The van der Waals surface area contributed by atoms with Gasteiger partial charge in [-0.05, 0) is 69.5 Å². The van der Waals surface area contributed by atoms with E-state index in [1.54, 1.807) is 6.92 Å². The van der Waals surface area contributed by atoms with Gasteiger partial charge in [0.25, 0.3) is 5.91 Å². The molecule has 0 saturated heterocycles. The average molecular weight is 341 g/mol. The highest BCUT2D eigenvalue weighted by atomic mass is 16.5. The first-order valence-electron chi connectivity index (χ1n) is 8.59. The lowest BCUT2D eigenvalue weighted by Gasteiger charge is -2.20. The van der Waals surface area contributed by atoms with Gasteiger partial charge in [-0.15, -0.1) is 0 Å². The number of carbonyl (C=O) groups excluding carboxylic acids is 1. The molecule has 134 valence electrons. The molecule has 4 heteroatoms. The molecule has 2 aromatic carbocycles. The van der Waals surface area contributed by atoms with E-state index in [1.807, 2.05) is 64.1 Å². The molecule has 0 aliphatic rings. The van der Waals surface area contributed by atoms with Crippen LogP contribution in [-0.2, 0) is 4.79 Å². The second-order valence-electron chi connectivity index (χ2n) is 6.57. The van der Waals surface area contributed by atoms with Crippen molar-refractivity contribution in [2.24, 2.45) is 0 Å². The van der Waals surface area contributed by atoms with Gasteiger partial charge in [0, 0.05) is 0 Å². The maximum Gasteiger partial charge on any atom is 0.261 e. The third-order valence-electron chi connectivity index (χ3n) is 3.85. The van der Waals surface area contributed by atoms with E-state index in [-0.39, 0.29) is 11.9 Å². The van der Waals surface area contributed by atoms with E-state index in [2.05, 4.69) is 11.4 Å². The van der Waals surface area contributed by atoms with Gasteiger partial charge < -0.3 is 14.8 Å². The molecule has 0 fully saturated rings. The van der Waals surface area contributed by atoms with Gasteiger partial charge in [-0.3, -0.25) is 4.79 Å². The van der Waals surface area contributed by atoms with E-state index >= 15 is 0 Å². The van der Waals surface area contributed by atoms with Crippen molar-refractivity contribution in [2.45, 2.75) is 46.8 Å². The first kappa shape index (κ1) is 18.8. The molecular weight excluding hydrogens is 314 g/mol. The minimum Gasteiger partial charge on any atom is -0.491 e. The number of ether oxygens (including phenoxy) is 2. The summed E-state index contributed by atoms with van der Waals surface area (Å²) in [5.41, 5.74) is 3.30. The van der Waals surface area contributed by atoms with Gasteiger partial charge in [0.15, 0.2) is 6.10 Å². The van der Waals surface area contributed by atoms with Crippen molar-refractivity contribution in [3.63, 3.8) is 0 Å². The van der Waals surface area contributed by atoms with Gasteiger partial charge in [-0.1, -0.05) is 24.3 Å². The normalized spacial score (nSPS) is 13.0. The summed E-state index contributed by atoms with van der Waals surface area (Å²) in [6, 6.07) is 13.7. The number of hydrogen-bond donors (Lipinski definition) is 1. The molecule has 0 bridgehead atoms. The van der Waals surface area contributed by atoms with Crippen LogP contribution in [0.1, 0.15) is 30.5 Å². The van der Waals surface area contributed by atoms with Gasteiger partial charge in [0.1, 0.15) is 18.1 Å². The van der Waals surface area contributed by atoms with Crippen LogP contribution in [0, 0.1) is 20.8 Å². The molecule has 2 atom stereocenters. The average Bonchev–Trinajstić information content (AvgIpc) is 2.53. The highest BCUT2D eigenvalue weighted by Gasteiger charge is 2.17. The predicted molar refractivity (Wildman–Crippen MR) is 100 cm³/mol. The summed E-state index contributed by atoms with van der Waals surface area (Å²) in [4.78, 5) is 12.3. The van der Waals surface area contributed by atoms with Crippen LogP contribution in [0.5, 0.6) is 11.5 Å². The molecule has 2 rings (SSSR count). The Balaban J connectivity index is 1.84. The standard InChI is InChI=1S/C21H27NO3/c1-14-10-15(2)12-19(11-14)25-18(5)21(23)22-17(4)13-24-20-9-7-6-8-16(20)3/h6-12,17-18H,13H2,1-5H3,(H,22,23). The fourth-order valence-electron chi connectivity index (χ4n) is 2.59. The summed E-state index contributed by atoms with van der Waals surface area (Å²) in [5.74, 6) is 1.40. The van der Waals surface area contributed by atoms with E-state index < -0.39 is 6.10 Å². The van der Waals surface area contributed by atoms with Crippen molar-refractivity contribution in [1.29, 1.82) is 0 Å². The molecule has 2 aromatic rings. The number of rotatable bonds is 7. The number of amides is 1. The van der Waals surface area contributed by atoms with Gasteiger partial charge in [-0.2, -0.15) is 0 Å². The van der Waals surface area contributed by atoms with Crippen LogP contribution in [0.2, 0.25) is 0 Å². The number of nitrogens with one attached hydrogen (secondary N) is 1. The molecule has 0 spiro atoms. The highest BCUT2D eigenvalue weighted by Crippen LogP contribution is 2.18. The fraction of sp³-hybridized carbons (Fsp3) is 0.381. The quantitative estimate of drug-likeness (QED) is 0.829. The maximum absolute atomic E-state index is 12.3. The Hall–Kier alpha value is -2.49. The van der Waals surface area contributed by atoms with Gasteiger partial charge in [-0.25, -0.2) is 0 Å². The highest BCUT2D eigenvalue weighted by molar-refractivity contribution is 5.81. The van der Waals surface area contributed by atoms with Crippen LogP contribution in [-0.4, -0.2) is 24.7 Å². The summed E-state index contributed by atoms with van der Waals surface area (Å²) in [6.07, 6.45) is -0.567. The SMILES string of the molecule is Cc1cc(C)cc(OC(C)C(=O)NC(C)COc2ccccc2C)c1. The zero-order chi connectivity index (χ0) is 18.4. The summed E-state index contributed by atoms with van der Waals surface area (Å²) in [7, 11) is 0. The number of carbonyl (C=O) groups is 1. The monoisotopic (exact) mass is 341 g/mol. The fourth-order valence-corrected chi connectivity index (χ4v) is 2.59. The van der Waals surface area contributed by atoms with Gasteiger partial charge in [0.05, 0.1) is 6.04 Å². The van der Waals surface area contributed by atoms with Crippen molar-refractivity contribution < 1.29 is 14.3 Å². The molecule has 0 aliphatic heterocycles. The van der Waals surface area contributed by atoms with Gasteiger partial charge in [0.2, 0.25) is 0 Å². The topological polar surface area (TPSA) is 47.6 Å². The molecular formula is C21H27NO3. The molecule has 0 heterocycles. The minimum absolute atomic E-state index is 0.114. The summed E-state index contributed by atoms with van der Waals surface area (Å²) >= 11 is 0. The minimum atomic E-state index is -0.567. The summed E-state index contributed by atoms with van der Waals surface area (Å²) in [5, 5.41) is 2.93. The molecule has 1 amide bonds. The Morgan fingerprint density at radius 3 is 2.32 bits per heavy atom. The Morgan fingerprint density at radius 2 is 1.68 bits per heavy atom. The van der Waals surface area contributed by atoms with Crippen LogP contribution < -0.4 is 14.8 Å². The second kappa shape index (κ2) is 8.56. The van der Waals surface area contributed by atoms with Crippen LogP contribution in [0.25, 0.3) is 0 Å². The van der Waals surface area contributed by atoms with Crippen LogP contribution in [0.3, 0.4) is 0 Å². The number of benzene rings is 2. The van der Waals surface area contributed by atoms with Crippen molar-refractivity contribution in [3.8, 4) is 11.5 Å². The zero-order valence-corrected chi connectivity index (χ0v) is 15.6. The van der Waals surface area contributed by atoms with E-state index in [4.69, 9.17) is 9.47 Å². The smallest absolute Gasteiger partial charge is 0.261 e.